The number of nitrogens with one attached hydrogen (secondary N) is 3. The zero-order chi connectivity index (χ0) is 24.1. The summed E-state index contributed by atoms with van der Waals surface area (Å²) in [7, 11) is 0. The smallest absolute Gasteiger partial charge is 0.326 e. The van der Waals surface area contributed by atoms with Gasteiger partial charge in [0.25, 0.3) is 22.9 Å². The average molecular weight is 499 g/mol. The number of aromatic nitrogens is 2. The van der Waals surface area contributed by atoms with E-state index in [1.54, 1.807) is 10.3 Å². The van der Waals surface area contributed by atoms with Crippen molar-refractivity contribution in [2.75, 3.05) is 5.32 Å². The lowest BCUT2D eigenvalue weighted by atomic mass is 9.91. The van der Waals surface area contributed by atoms with Crippen LogP contribution in [0.5, 0.6) is 0 Å². The van der Waals surface area contributed by atoms with Crippen LogP contribution in [-0.4, -0.2) is 27.5 Å². The summed E-state index contributed by atoms with van der Waals surface area (Å²) in [6.07, 6.45) is -5.48. The number of nitrogens with zero attached hydrogens (tertiary/aromatic N) is 1. The summed E-state index contributed by atoms with van der Waals surface area (Å²) in [5, 5.41) is 3.66. The highest BCUT2D eigenvalue weighted by atomic mass is 35.5. The topological polar surface area (TPSA) is 113 Å². The fraction of sp³-hybridized carbons (Fsp3) is 0.100. The highest BCUT2D eigenvalue weighted by Crippen LogP contribution is 2.45. The molecular formula is C20H11Cl2F3N4O4. The molecule has 0 saturated carbocycles. The molecule has 1 atom stereocenters. The van der Waals surface area contributed by atoms with Gasteiger partial charge in [0.15, 0.2) is 0 Å². The number of hydrogen-bond acceptors (Lipinski definition) is 4. The number of fused-ring (bicyclic) bond motifs is 1. The lowest BCUT2D eigenvalue weighted by molar-refractivity contribution is -0.196. The lowest BCUT2D eigenvalue weighted by Crippen LogP contribution is -2.62. The van der Waals surface area contributed by atoms with Crippen molar-refractivity contribution in [1.82, 2.24) is 14.9 Å². The minimum atomic E-state index is -5.48. The van der Waals surface area contributed by atoms with Gasteiger partial charge in [-0.25, -0.2) is 9.36 Å². The SMILES string of the molecule is O=C(N[C@]1(C(F)(F)F)C(=O)Nc2c1c(=O)[nH]c(=O)n2-c1ccc(Cl)cc1)c1ccccc1Cl. The fourth-order valence-corrected chi connectivity index (χ4v) is 3.85. The van der Waals surface area contributed by atoms with E-state index in [1.165, 1.54) is 42.5 Å². The summed E-state index contributed by atoms with van der Waals surface area (Å²) in [5.74, 6) is -3.87. The normalized spacial score (nSPS) is 17.4. The van der Waals surface area contributed by atoms with Crippen molar-refractivity contribution in [3.05, 3.63) is 90.5 Å². The Balaban J connectivity index is 1.98. The van der Waals surface area contributed by atoms with Gasteiger partial charge in [-0.2, -0.15) is 13.2 Å². The highest BCUT2D eigenvalue weighted by molar-refractivity contribution is 6.34. The van der Waals surface area contributed by atoms with Crippen molar-refractivity contribution in [1.29, 1.82) is 0 Å². The number of benzene rings is 2. The van der Waals surface area contributed by atoms with Crippen molar-refractivity contribution < 1.29 is 22.8 Å². The van der Waals surface area contributed by atoms with Crippen molar-refractivity contribution in [3.63, 3.8) is 0 Å². The first-order valence-electron chi connectivity index (χ1n) is 9.08. The molecule has 8 nitrogen and oxygen atoms in total. The number of carbonyl (C=O) groups is 2. The van der Waals surface area contributed by atoms with E-state index < -0.39 is 46.2 Å². The zero-order valence-corrected chi connectivity index (χ0v) is 17.6. The second-order valence-corrected chi connectivity index (χ2v) is 7.77. The van der Waals surface area contributed by atoms with Crippen molar-refractivity contribution in [2.45, 2.75) is 11.7 Å². The van der Waals surface area contributed by atoms with Gasteiger partial charge < -0.3 is 10.6 Å². The van der Waals surface area contributed by atoms with E-state index in [0.29, 0.717) is 4.57 Å². The minimum absolute atomic E-state index is 0.00704. The first-order chi connectivity index (χ1) is 15.5. The number of anilines is 1. The summed E-state index contributed by atoms with van der Waals surface area (Å²) in [6.45, 7) is 0. The summed E-state index contributed by atoms with van der Waals surface area (Å²) in [4.78, 5) is 52.4. The predicted octanol–water partition coefficient (Wildman–Crippen LogP) is 2.97. The third-order valence-corrected chi connectivity index (χ3v) is 5.57. The summed E-state index contributed by atoms with van der Waals surface area (Å²) < 4.78 is 43.9. The van der Waals surface area contributed by atoms with Crippen molar-refractivity contribution in [2.24, 2.45) is 0 Å². The first-order valence-corrected chi connectivity index (χ1v) is 9.84. The Labute approximate surface area is 191 Å². The Hall–Kier alpha value is -3.57. The Bertz CT molecular complexity index is 1420. The van der Waals surface area contributed by atoms with Crippen LogP contribution in [0.4, 0.5) is 19.0 Å². The van der Waals surface area contributed by atoms with Gasteiger partial charge in [0.2, 0.25) is 0 Å². The minimum Gasteiger partial charge on any atom is -0.326 e. The molecule has 2 heterocycles. The molecule has 0 aliphatic carbocycles. The highest BCUT2D eigenvalue weighted by Gasteiger charge is 2.68. The Morgan fingerprint density at radius 3 is 2.24 bits per heavy atom. The molecule has 0 radical (unpaired) electrons. The van der Waals surface area contributed by atoms with E-state index in [-0.39, 0.29) is 21.3 Å². The summed E-state index contributed by atoms with van der Waals surface area (Å²) >= 11 is 11.7. The van der Waals surface area contributed by atoms with Gasteiger partial charge in [-0.15, -0.1) is 0 Å². The van der Waals surface area contributed by atoms with Gasteiger partial charge in [0, 0.05) is 5.02 Å². The molecule has 4 rings (SSSR count). The van der Waals surface area contributed by atoms with E-state index in [2.05, 4.69) is 0 Å². The molecule has 0 fully saturated rings. The maximum absolute atomic E-state index is 14.4. The molecule has 13 heteroatoms. The molecule has 33 heavy (non-hydrogen) atoms. The molecule has 3 aromatic rings. The second-order valence-electron chi connectivity index (χ2n) is 6.93. The third-order valence-electron chi connectivity index (χ3n) is 4.99. The van der Waals surface area contributed by atoms with Gasteiger partial charge in [-0.05, 0) is 36.4 Å². The number of carbonyl (C=O) groups excluding carboxylic acids is 2. The van der Waals surface area contributed by atoms with Crippen LogP contribution in [0.2, 0.25) is 10.0 Å². The molecule has 0 spiro atoms. The molecule has 3 N–H and O–H groups in total. The first kappa shape index (κ1) is 22.6. The quantitative estimate of drug-likeness (QED) is 0.515. The molecule has 170 valence electrons. The van der Waals surface area contributed by atoms with E-state index in [1.807, 2.05) is 5.32 Å². The van der Waals surface area contributed by atoms with Gasteiger partial charge in [-0.1, -0.05) is 35.3 Å². The maximum atomic E-state index is 14.4. The van der Waals surface area contributed by atoms with Gasteiger partial charge in [0.1, 0.15) is 11.4 Å². The van der Waals surface area contributed by atoms with Crippen LogP contribution < -0.4 is 21.9 Å². The predicted molar refractivity (Wildman–Crippen MR) is 113 cm³/mol. The molecular weight excluding hydrogens is 488 g/mol. The third kappa shape index (κ3) is 3.49. The molecule has 0 bridgehead atoms. The van der Waals surface area contributed by atoms with Crippen molar-refractivity contribution in [3.8, 4) is 5.69 Å². The number of hydrogen-bond donors (Lipinski definition) is 3. The molecule has 1 aromatic heterocycles. The van der Waals surface area contributed by atoms with E-state index in [9.17, 15) is 32.3 Å². The van der Waals surface area contributed by atoms with E-state index in [4.69, 9.17) is 23.2 Å². The Kier molecular flexibility index (Phi) is 5.33. The fourth-order valence-electron chi connectivity index (χ4n) is 3.50. The largest absolute Gasteiger partial charge is 0.425 e. The van der Waals surface area contributed by atoms with Crippen LogP contribution in [0.25, 0.3) is 5.69 Å². The van der Waals surface area contributed by atoms with Crippen LogP contribution in [-0.2, 0) is 10.3 Å². The van der Waals surface area contributed by atoms with Gasteiger partial charge >= 0.3 is 11.9 Å². The molecule has 1 aliphatic rings. The Morgan fingerprint density at radius 2 is 1.64 bits per heavy atom. The van der Waals surface area contributed by atoms with Crippen LogP contribution in [0, 0.1) is 0 Å². The lowest BCUT2D eigenvalue weighted by Gasteiger charge is -2.30. The second kappa shape index (κ2) is 7.78. The monoisotopic (exact) mass is 498 g/mol. The van der Waals surface area contributed by atoms with Crippen LogP contribution in [0.15, 0.2) is 58.1 Å². The van der Waals surface area contributed by atoms with Crippen LogP contribution in [0.3, 0.4) is 0 Å². The molecule has 2 amide bonds. The zero-order valence-electron chi connectivity index (χ0n) is 16.1. The van der Waals surface area contributed by atoms with Crippen molar-refractivity contribution >= 4 is 40.8 Å². The number of alkyl halides is 3. The number of halogens is 5. The molecule has 2 aromatic carbocycles. The Morgan fingerprint density at radius 1 is 1.00 bits per heavy atom. The van der Waals surface area contributed by atoms with E-state index in [0.717, 1.165) is 6.07 Å². The average Bonchev–Trinajstić information content (AvgIpc) is 3.02. The number of aromatic amines is 1. The number of rotatable bonds is 3. The molecule has 0 unspecified atom stereocenters. The standard InChI is InChI=1S/C20H11Cl2F3N4O4/c21-9-5-7-10(8-6-9)29-14-13(16(31)27-18(29)33)19(17(32)26-14,20(23,24)25)28-15(30)11-3-1-2-4-12(11)22/h1-8H,(H,26,32)(H,28,30)(H,27,31,33)/t19-/m0/s1. The molecule has 1 aliphatic heterocycles. The summed E-state index contributed by atoms with van der Waals surface area (Å²) in [6, 6.07) is 10.5. The number of H-pyrrole nitrogens is 1. The van der Waals surface area contributed by atoms with E-state index >= 15 is 0 Å². The molecule has 0 saturated heterocycles. The van der Waals surface area contributed by atoms with Crippen LogP contribution in [0.1, 0.15) is 15.9 Å². The van der Waals surface area contributed by atoms with Gasteiger partial charge in [-0.3, -0.25) is 19.4 Å². The maximum Gasteiger partial charge on any atom is 0.425 e. The summed E-state index contributed by atoms with van der Waals surface area (Å²) in [5.41, 5.74) is -7.96. The number of amides is 2. The van der Waals surface area contributed by atoms with Crippen LogP contribution >= 0.6 is 23.2 Å². The van der Waals surface area contributed by atoms with Gasteiger partial charge in [0.05, 0.1) is 16.3 Å².